The third-order valence-corrected chi connectivity index (χ3v) is 5.28. The number of ether oxygens (including phenoxy) is 1. The van der Waals surface area contributed by atoms with Crippen molar-refractivity contribution < 1.29 is 14.3 Å². The summed E-state index contributed by atoms with van der Waals surface area (Å²) < 4.78 is 5.32. The van der Waals surface area contributed by atoms with Gasteiger partial charge in [-0.3, -0.25) is 9.59 Å². The smallest absolute Gasteiger partial charge is 0.227 e. The first-order valence-corrected chi connectivity index (χ1v) is 9.05. The van der Waals surface area contributed by atoms with Crippen LogP contribution >= 0.6 is 11.6 Å². The monoisotopic (exact) mass is 365 g/mol. The van der Waals surface area contributed by atoms with Gasteiger partial charge in [0.1, 0.15) is 5.75 Å². The lowest BCUT2D eigenvalue weighted by Crippen LogP contribution is -2.43. The van der Waals surface area contributed by atoms with E-state index in [1.165, 1.54) is 0 Å². The molecule has 1 aromatic rings. The molecule has 1 unspecified atom stereocenters. The van der Waals surface area contributed by atoms with Gasteiger partial charge in [-0.1, -0.05) is 11.6 Å². The standard InChI is InChI=1S/C18H24ClN3O3/c1-25-16-7-2-12(19)9-15(16)22-10-11(8-17(22)23)18(24)21-14-5-3-13(20)4-6-14/h2,7,9,11,13-14H,3-6,8,10,20H2,1H3,(H,21,24). The number of benzene rings is 1. The molecule has 2 fully saturated rings. The molecule has 0 spiro atoms. The molecule has 2 amide bonds. The molecule has 7 heteroatoms. The van der Waals surface area contributed by atoms with Crippen LogP contribution < -0.4 is 20.7 Å². The lowest BCUT2D eigenvalue weighted by molar-refractivity contribution is -0.127. The van der Waals surface area contributed by atoms with Crippen molar-refractivity contribution in [1.82, 2.24) is 5.32 Å². The van der Waals surface area contributed by atoms with E-state index in [1.54, 1.807) is 30.2 Å². The summed E-state index contributed by atoms with van der Waals surface area (Å²) in [4.78, 5) is 26.6. The van der Waals surface area contributed by atoms with Gasteiger partial charge in [-0.05, 0) is 43.9 Å². The number of carbonyl (C=O) groups is 2. The van der Waals surface area contributed by atoms with Crippen molar-refractivity contribution >= 4 is 29.1 Å². The predicted molar refractivity (Wildman–Crippen MR) is 96.8 cm³/mol. The zero-order chi connectivity index (χ0) is 18.0. The summed E-state index contributed by atoms with van der Waals surface area (Å²) in [5, 5.41) is 3.61. The van der Waals surface area contributed by atoms with E-state index in [4.69, 9.17) is 22.1 Å². The molecule has 1 aliphatic heterocycles. The lowest BCUT2D eigenvalue weighted by atomic mass is 9.91. The fourth-order valence-electron chi connectivity index (χ4n) is 3.57. The number of halogens is 1. The van der Waals surface area contributed by atoms with Crippen LogP contribution in [-0.4, -0.2) is 37.6 Å². The third-order valence-electron chi connectivity index (χ3n) is 5.05. The zero-order valence-electron chi connectivity index (χ0n) is 14.3. The molecule has 0 bridgehead atoms. The summed E-state index contributed by atoms with van der Waals surface area (Å²) in [5.74, 6) is 0.0653. The Kier molecular flexibility index (Phi) is 5.49. The number of methoxy groups -OCH3 is 1. The number of hydrogen-bond donors (Lipinski definition) is 2. The van der Waals surface area contributed by atoms with Crippen LogP contribution in [0.1, 0.15) is 32.1 Å². The second kappa shape index (κ2) is 7.62. The Morgan fingerprint density at radius 3 is 2.72 bits per heavy atom. The number of rotatable bonds is 4. The fourth-order valence-corrected chi connectivity index (χ4v) is 3.74. The lowest BCUT2D eigenvalue weighted by Gasteiger charge is -2.27. The first-order chi connectivity index (χ1) is 12.0. The molecule has 25 heavy (non-hydrogen) atoms. The van der Waals surface area contributed by atoms with Crippen LogP contribution in [0.2, 0.25) is 5.02 Å². The number of nitrogens with zero attached hydrogens (tertiary/aromatic N) is 1. The minimum atomic E-state index is -0.355. The number of hydrogen-bond acceptors (Lipinski definition) is 4. The minimum Gasteiger partial charge on any atom is -0.495 e. The first kappa shape index (κ1) is 18.0. The maximum atomic E-state index is 12.6. The highest BCUT2D eigenvalue weighted by Gasteiger charge is 2.37. The van der Waals surface area contributed by atoms with Crippen LogP contribution in [0.5, 0.6) is 5.75 Å². The number of carbonyl (C=O) groups excluding carboxylic acids is 2. The average Bonchev–Trinajstić information content (AvgIpc) is 2.98. The second-order valence-corrected chi connectivity index (χ2v) is 7.28. The first-order valence-electron chi connectivity index (χ1n) is 8.67. The van der Waals surface area contributed by atoms with E-state index in [9.17, 15) is 9.59 Å². The normalized spacial score (nSPS) is 26.6. The van der Waals surface area contributed by atoms with Crippen LogP contribution in [0.15, 0.2) is 18.2 Å². The summed E-state index contributed by atoms with van der Waals surface area (Å²) in [5.41, 5.74) is 6.51. The maximum Gasteiger partial charge on any atom is 0.227 e. The number of anilines is 1. The third kappa shape index (κ3) is 4.07. The Balaban J connectivity index is 1.66. The van der Waals surface area contributed by atoms with Crippen molar-refractivity contribution in [3.8, 4) is 5.75 Å². The van der Waals surface area contributed by atoms with Gasteiger partial charge >= 0.3 is 0 Å². The summed E-state index contributed by atoms with van der Waals surface area (Å²) in [6.07, 6.45) is 3.87. The van der Waals surface area contributed by atoms with Gasteiger partial charge in [0.2, 0.25) is 11.8 Å². The average molecular weight is 366 g/mol. The van der Waals surface area contributed by atoms with Crippen molar-refractivity contribution in [1.29, 1.82) is 0 Å². The molecular formula is C18H24ClN3O3. The van der Waals surface area contributed by atoms with Gasteiger partial charge < -0.3 is 20.7 Å². The van der Waals surface area contributed by atoms with Gasteiger partial charge in [-0.15, -0.1) is 0 Å². The Morgan fingerprint density at radius 1 is 1.32 bits per heavy atom. The van der Waals surface area contributed by atoms with Crippen LogP contribution in [0.3, 0.4) is 0 Å². The van der Waals surface area contributed by atoms with E-state index >= 15 is 0 Å². The number of nitrogens with one attached hydrogen (secondary N) is 1. The summed E-state index contributed by atoms with van der Waals surface area (Å²) in [6, 6.07) is 5.54. The Hall–Kier alpha value is -1.79. The van der Waals surface area contributed by atoms with E-state index in [-0.39, 0.29) is 36.2 Å². The summed E-state index contributed by atoms with van der Waals surface area (Å²) in [6.45, 7) is 0.341. The van der Waals surface area contributed by atoms with E-state index in [0.717, 1.165) is 25.7 Å². The molecule has 0 radical (unpaired) electrons. The van der Waals surface area contributed by atoms with Crippen LogP contribution in [0.4, 0.5) is 5.69 Å². The number of amides is 2. The van der Waals surface area contributed by atoms with Gasteiger partial charge in [-0.25, -0.2) is 0 Å². The zero-order valence-corrected chi connectivity index (χ0v) is 15.1. The van der Waals surface area contributed by atoms with E-state index in [0.29, 0.717) is 23.0 Å². The molecule has 2 aliphatic rings. The molecular weight excluding hydrogens is 342 g/mol. The van der Waals surface area contributed by atoms with E-state index in [2.05, 4.69) is 5.32 Å². The molecule has 1 atom stereocenters. The van der Waals surface area contributed by atoms with Crippen molar-refractivity contribution in [3.63, 3.8) is 0 Å². The Bertz CT molecular complexity index is 659. The number of nitrogens with two attached hydrogens (primary N) is 1. The Morgan fingerprint density at radius 2 is 2.04 bits per heavy atom. The van der Waals surface area contributed by atoms with Crippen molar-refractivity contribution in [2.24, 2.45) is 11.7 Å². The SMILES string of the molecule is COc1ccc(Cl)cc1N1CC(C(=O)NC2CCC(N)CC2)CC1=O. The molecule has 3 rings (SSSR count). The largest absolute Gasteiger partial charge is 0.495 e. The van der Waals surface area contributed by atoms with Crippen LogP contribution in [0.25, 0.3) is 0 Å². The fraction of sp³-hybridized carbons (Fsp3) is 0.556. The van der Waals surface area contributed by atoms with Crippen molar-refractivity contribution in [2.45, 2.75) is 44.2 Å². The van der Waals surface area contributed by atoms with Gasteiger partial charge in [0.05, 0.1) is 18.7 Å². The minimum absolute atomic E-state index is 0.0580. The molecule has 1 aromatic carbocycles. The summed E-state index contributed by atoms with van der Waals surface area (Å²) >= 11 is 6.06. The van der Waals surface area contributed by atoms with Crippen LogP contribution in [-0.2, 0) is 9.59 Å². The molecule has 3 N–H and O–H groups in total. The van der Waals surface area contributed by atoms with E-state index in [1.807, 2.05) is 0 Å². The van der Waals surface area contributed by atoms with Crippen LogP contribution in [0, 0.1) is 5.92 Å². The Labute approximate surface area is 152 Å². The molecule has 136 valence electrons. The highest BCUT2D eigenvalue weighted by molar-refractivity contribution is 6.31. The molecule has 6 nitrogen and oxygen atoms in total. The molecule has 1 saturated carbocycles. The maximum absolute atomic E-state index is 12.6. The predicted octanol–water partition coefficient (Wildman–Crippen LogP) is 2.09. The van der Waals surface area contributed by atoms with Crippen molar-refractivity contribution in [3.05, 3.63) is 23.2 Å². The van der Waals surface area contributed by atoms with E-state index < -0.39 is 0 Å². The van der Waals surface area contributed by atoms with Gasteiger partial charge in [0.15, 0.2) is 0 Å². The van der Waals surface area contributed by atoms with Gasteiger partial charge in [-0.2, -0.15) is 0 Å². The van der Waals surface area contributed by atoms with Gasteiger partial charge in [0, 0.05) is 30.1 Å². The van der Waals surface area contributed by atoms with Gasteiger partial charge in [0.25, 0.3) is 0 Å². The summed E-state index contributed by atoms with van der Waals surface area (Å²) in [7, 11) is 1.55. The molecule has 1 saturated heterocycles. The van der Waals surface area contributed by atoms with Crippen molar-refractivity contribution in [2.75, 3.05) is 18.6 Å². The topological polar surface area (TPSA) is 84.7 Å². The highest BCUT2D eigenvalue weighted by atomic mass is 35.5. The highest BCUT2D eigenvalue weighted by Crippen LogP contribution is 2.35. The molecule has 1 heterocycles. The quantitative estimate of drug-likeness (QED) is 0.855. The molecule has 1 aliphatic carbocycles. The molecule has 0 aromatic heterocycles. The second-order valence-electron chi connectivity index (χ2n) is 6.84.